The first-order chi connectivity index (χ1) is 11.1. The fraction of sp³-hybridized carbons (Fsp3) is 0.444. The largest absolute Gasteiger partial charge is 0.441 e. The zero-order valence-electron chi connectivity index (χ0n) is 13.5. The van der Waals surface area contributed by atoms with Crippen LogP contribution >= 0.6 is 0 Å². The lowest BCUT2D eigenvalue weighted by Gasteiger charge is -2.15. The molecule has 23 heavy (non-hydrogen) atoms. The molecule has 2 aromatic rings. The predicted molar refractivity (Wildman–Crippen MR) is 86.7 cm³/mol. The van der Waals surface area contributed by atoms with E-state index in [4.69, 9.17) is 4.42 Å². The van der Waals surface area contributed by atoms with Gasteiger partial charge < -0.3 is 9.73 Å². The third-order valence-corrected chi connectivity index (χ3v) is 4.92. The van der Waals surface area contributed by atoms with Gasteiger partial charge in [0.25, 0.3) is 0 Å². The smallest absolute Gasteiger partial charge is 0.226 e. The van der Waals surface area contributed by atoms with Crippen molar-refractivity contribution in [2.45, 2.75) is 20.4 Å². The molecule has 2 atom stereocenters. The maximum Gasteiger partial charge on any atom is 0.226 e. The molecule has 4 rings (SSSR count). The van der Waals surface area contributed by atoms with E-state index in [1.807, 2.05) is 19.1 Å². The lowest BCUT2D eigenvalue weighted by Crippen LogP contribution is -2.28. The van der Waals surface area contributed by atoms with Crippen molar-refractivity contribution in [3.05, 3.63) is 41.3 Å². The van der Waals surface area contributed by atoms with Crippen LogP contribution in [0.3, 0.4) is 0 Å². The van der Waals surface area contributed by atoms with Crippen molar-refractivity contribution in [2.75, 3.05) is 19.6 Å². The van der Waals surface area contributed by atoms with Crippen LogP contribution in [0.4, 0.5) is 0 Å². The van der Waals surface area contributed by atoms with Gasteiger partial charge in [0.05, 0.1) is 11.6 Å². The highest BCUT2D eigenvalue weighted by Gasteiger charge is 2.42. The summed E-state index contributed by atoms with van der Waals surface area (Å²) in [6.07, 6.45) is 0. The second kappa shape index (κ2) is 5.49. The van der Waals surface area contributed by atoms with Gasteiger partial charge in [-0.2, -0.15) is 0 Å². The molecule has 2 fully saturated rings. The van der Waals surface area contributed by atoms with Gasteiger partial charge in [0, 0.05) is 37.7 Å². The SMILES string of the molecule is Cc1cccc(-c2nc(CN3C[C@@H]4CNC(=O)[C@@H]4C3)c(C)o2)c1. The Morgan fingerprint density at radius 2 is 2.22 bits per heavy atom. The fourth-order valence-electron chi connectivity index (χ4n) is 3.64. The highest BCUT2D eigenvalue weighted by Crippen LogP contribution is 2.29. The molecule has 2 aliphatic rings. The third kappa shape index (κ3) is 2.65. The van der Waals surface area contributed by atoms with Crippen molar-refractivity contribution in [2.24, 2.45) is 11.8 Å². The summed E-state index contributed by atoms with van der Waals surface area (Å²) >= 11 is 0. The van der Waals surface area contributed by atoms with Gasteiger partial charge in [0.15, 0.2) is 0 Å². The molecule has 0 bridgehead atoms. The minimum absolute atomic E-state index is 0.151. The summed E-state index contributed by atoms with van der Waals surface area (Å²) in [5.41, 5.74) is 3.18. The highest BCUT2D eigenvalue weighted by molar-refractivity contribution is 5.81. The van der Waals surface area contributed by atoms with E-state index >= 15 is 0 Å². The summed E-state index contributed by atoms with van der Waals surface area (Å²) in [4.78, 5) is 18.8. The maximum atomic E-state index is 11.8. The van der Waals surface area contributed by atoms with Gasteiger partial charge >= 0.3 is 0 Å². The van der Waals surface area contributed by atoms with Crippen molar-refractivity contribution >= 4 is 5.91 Å². The molecule has 0 radical (unpaired) electrons. The summed E-state index contributed by atoms with van der Waals surface area (Å²) in [6.45, 7) is 7.37. The topological polar surface area (TPSA) is 58.4 Å². The summed E-state index contributed by atoms with van der Waals surface area (Å²) < 4.78 is 5.86. The number of carbonyl (C=O) groups is 1. The molecule has 1 amide bonds. The number of benzene rings is 1. The van der Waals surface area contributed by atoms with E-state index in [1.165, 1.54) is 5.56 Å². The molecule has 5 heteroatoms. The average Bonchev–Trinajstić information content (AvgIpc) is 3.18. The van der Waals surface area contributed by atoms with Crippen molar-refractivity contribution in [3.8, 4) is 11.5 Å². The van der Waals surface area contributed by atoms with E-state index in [9.17, 15) is 4.79 Å². The molecule has 0 saturated carbocycles. The maximum absolute atomic E-state index is 11.8. The van der Waals surface area contributed by atoms with E-state index in [2.05, 4.69) is 34.3 Å². The Hall–Kier alpha value is -2.14. The number of aryl methyl sites for hydroxylation is 2. The first kappa shape index (κ1) is 14.5. The quantitative estimate of drug-likeness (QED) is 0.943. The van der Waals surface area contributed by atoms with E-state index in [-0.39, 0.29) is 11.8 Å². The number of likely N-dealkylation sites (tertiary alicyclic amines) is 1. The minimum Gasteiger partial charge on any atom is -0.441 e. The Labute approximate surface area is 135 Å². The Bertz CT molecular complexity index is 752. The van der Waals surface area contributed by atoms with Crippen LogP contribution in [0.2, 0.25) is 0 Å². The summed E-state index contributed by atoms with van der Waals surface area (Å²) in [7, 11) is 0. The van der Waals surface area contributed by atoms with Crippen molar-refractivity contribution < 1.29 is 9.21 Å². The summed E-state index contributed by atoms with van der Waals surface area (Å²) in [5.74, 6) is 2.35. The van der Waals surface area contributed by atoms with Gasteiger partial charge in [-0.1, -0.05) is 17.7 Å². The number of fused-ring (bicyclic) bond motifs is 1. The molecule has 2 aliphatic heterocycles. The standard InChI is InChI=1S/C18H21N3O2/c1-11-4-3-5-13(6-11)18-20-16(12(2)23-18)10-21-8-14-7-19-17(22)15(14)9-21/h3-6,14-15H,7-10H2,1-2H3,(H,19,22)/t14-,15+/m0/s1. The lowest BCUT2D eigenvalue weighted by atomic mass is 10.0. The van der Waals surface area contributed by atoms with Crippen LogP contribution in [0, 0.1) is 25.7 Å². The second-order valence-corrected chi connectivity index (χ2v) is 6.70. The molecule has 1 N–H and O–H groups in total. The third-order valence-electron chi connectivity index (χ3n) is 4.92. The number of aromatic nitrogens is 1. The van der Waals surface area contributed by atoms with E-state index in [0.717, 1.165) is 43.2 Å². The molecule has 120 valence electrons. The Balaban J connectivity index is 1.51. The summed E-state index contributed by atoms with van der Waals surface area (Å²) in [5, 5.41) is 2.95. The molecule has 1 aromatic heterocycles. The Kier molecular flexibility index (Phi) is 3.45. The van der Waals surface area contributed by atoms with Gasteiger partial charge in [-0.15, -0.1) is 0 Å². The van der Waals surface area contributed by atoms with Crippen LogP contribution < -0.4 is 5.32 Å². The molecule has 2 saturated heterocycles. The molecule has 5 nitrogen and oxygen atoms in total. The molecule has 0 spiro atoms. The molecular formula is C18H21N3O2. The first-order valence-corrected chi connectivity index (χ1v) is 8.13. The average molecular weight is 311 g/mol. The zero-order valence-corrected chi connectivity index (χ0v) is 13.5. The van der Waals surface area contributed by atoms with Gasteiger partial charge in [-0.05, 0) is 26.0 Å². The number of oxazole rings is 1. The monoisotopic (exact) mass is 311 g/mol. The number of rotatable bonds is 3. The predicted octanol–water partition coefficient (Wildman–Crippen LogP) is 2.14. The van der Waals surface area contributed by atoms with Gasteiger partial charge in [-0.3, -0.25) is 9.69 Å². The number of amides is 1. The number of hydrogen-bond acceptors (Lipinski definition) is 4. The highest BCUT2D eigenvalue weighted by atomic mass is 16.4. The lowest BCUT2D eigenvalue weighted by molar-refractivity contribution is -0.122. The van der Waals surface area contributed by atoms with Gasteiger partial charge in [0.1, 0.15) is 5.76 Å². The van der Waals surface area contributed by atoms with Gasteiger partial charge in [-0.25, -0.2) is 4.98 Å². The van der Waals surface area contributed by atoms with Crippen LogP contribution in [0.25, 0.3) is 11.5 Å². The Morgan fingerprint density at radius 1 is 1.35 bits per heavy atom. The normalized spacial score (nSPS) is 24.0. The van der Waals surface area contributed by atoms with Crippen LogP contribution in [0.1, 0.15) is 17.0 Å². The van der Waals surface area contributed by atoms with Crippen LogP contribution in [-0.2, 0) is 11.3 Å². The van der Waals surface area contributed by atoms with Gasteiger partial charge in [0.2, 0.25) is 11.8 Å². The van der Waals surface area contributed by atoms with E-state index < -0.39 is 0 Å². The van der Waals surface area contributed by atoms with Crippen molar-refractivity contribution in [1.82, 2.24) is 15.2 Å². The molecule has 0 aliphatic carbocycles. The van der Waals surface area contributed by atoms with Crippen LogP contribution in [0.5, 0.6) is 0 Å². The Morgan fingerprint density at radius 3 is 3.00 bits per heavy atom. The molecule has 0 unspecified atom stereocenters. The molecular weight excluding hydrogens is 290 g/mol. The number of nitrogens with zero attached hydrogens (tertiary/aromatic N) is 2. The zero-order chi connectivity index (χ0) is 16.0. The number of carbonyl (C=O) groups excluding carboxylic acids is 1. The van der Waals surface area contributed by atoms with Crippen molar-refractivity contribution in [1.29, 1.82) is 0 Å². The number of nitrogens with one attached hydrogen (secondary N) is 1. The van der Waals surface area contributed by atoms with E-state index in [1.54, 1.807) is 0 Å². The summed E-state index contributed by atoms with van der Waals surface area (Å²) in [6, 6.07) is 8.19. The van der Waals surface area contributed by atoms with Crippen molar-refractivity contribution in [3.63, 3.8) is 0 Å². The number of hydrogen-bond donors (Lipinski definition) is 1. The van der Waals surface area contributed by atoms with E-state index in [0.29, 0.717) is 11.8 Å². The first-order valence-electron chi connectivity index (χ1n) is 8.13. The fourth-order valence-corrected chi connectivity index (χ4v) is 3.64. The minimum atomic E-state index is 0.151. The van der Waals surface area contributed by atoms with Crippen LogP contribution in [0.15, 0.2) is 28.7 Å². The molecule has 1 aromatic carbocycles. The second-order valence-electron chi connectivity index (χ2n) is 6.70. The van der Waals surface area contributed by atoms with Crippen LogP contribution in [-0.4, -0.2) is 35.4 Å². The molecule has 3 heterocycles.